The quantitative estimate of drug-likeness (QED) is 0.472. The smallest absolute Gasteiger partial charge is 0.0557 e. The van der Waals surface area contributed by atoms with Crippen molar-refractivity contribution in [2.24, 2.45) is 5.41 Å². The molecule has 1 aliphatic rings. The van der Waals surface area contributed by atoms with Crippen LogP contribution >= 0.6 is 34.8 Å². The molecule has 0 aliphatic heterocycles. The standard InChI is InChI=1S/C10H13Cl3/c1-7-6-10(2,3-4-11)9(13)5-8(7)12/h3-4,8-9H,1,5-6H2,2H3. The van der Waals surface area contributed by atoms with Gasteiger partial charge in [-0.05, 0) is 12.8 Å². The highest BCUT2D eigenvalue weighted by Crippen LogP contribution is 2.44. The van der Waals surface area contributed by atoms with E-state index in [1.54, 1.807) is 0 Å². The molecule has 0 nitrogen and oxygen atoms in total. The molecule has 0 spiro atoms. The largest absolute Gasteiger partial charge is 0.122 e. The van der Waals surface area contributed by atoms with Crippen molar-refractivity contribution in [1.29, 1.82) is 0 Å². The molecule has 0 aromatic carbocycles. The summed E-state index contributed by atoms with van der Waals surface area (Å²) in [6.45, 7) is 6.02. The van der Waals surface area contributed by atoms with Crippen LogP contribution in [0.3, 0.4) is 0 Å². The molecule has 74 valence electrons. The van der Waals surface area contributed by atoms with E-state index in [1.807, 2.05) is 6.08 Å². The van der Waals surface area contributed by atoms with Crippen molar-refractivity contribution in [3.05, 3.63) is 23.8 Å². The van der Waals surface area contributed by atoms with Crippen LogP contribution in [-0.4, -0.2) is 10.8 Å². The summed E-state index contributed by atoms with van der Waals surface area (Å²) in [7, 11) is 0. The van der Waals surface area contributed by atoms with Gasteiger partial charge in [0.05, 0.1) is 5.38 Å². The van der Waals surface area contributed by atoms with Gasteiger partial charge in [0.25, 0.3) is 0 Å². The van der Waals surface area contributed by atoms with Crippen molar-refractivity contribution in [1.82, 2.24) is 0 Å². The van der Waals surface area contributed by atoms with Gasteiger partial charge in [-0.15, -0.1) is 23.2 Å². The Morgan fingerprint density at radius 1 is 1.54 bits per heavy atom. The molecule has 3 heteroatoms. The van der Waals surface area contributed by atoms with E-state index in [0.29, 0.717) is 0 Å². The Labute approximate surface area is 94.5 Å². The second-order valence-electron chi connectivity index (χ2n) is 3.80. The number of halogens is 3. The van der Waals surface area contributed by atoms with E-state index in [4.69, 9.17) is 34.8 Å². The SMILES string of the molecule is C=C1CC(C)(C=CCl)C(Cl)CC1Cl. The van der Waals surface area contributed by atoms with Crippen molar-refractivity contribution < 1.29 is 0 Å². The molecular formula is C10H13Cl3. The zero-order valence-corrected chi connectivity index (χ0v) is 9.83. The molecule has 13 heavy (non-hydrogen) atoms. The summed E-state index contributed by atoms with van der Waals surface area (Å²) in [5, 5.41) is 0.0507. The van der Waals surface area contributed by atoms with Crippen molar-refractivity contribution >= 4 is 34.8 Å². The Bertz CT molecular complexity index is 234. The summed E-state index contributed by atoms with van der Waals surface area (Å²) in [6, 6.07) is 0. The first kappa shape index (κ1) is 11.4. The summed E-state index contributed by atoms with van der Waals surface area (Å²) in [6.07, 6.45) is 3.51. The van der Waals surface area contributed by atoms with Crippen molar-refractivity contribution in [3.8, 4) is 0 Å². The van der Waals surface area contributed by atoms with Gasteiger partial charge in [0.1, 0.15) is 0 Å². The number of rotatable bonds is 1. The van der Waals surface area contributed by atoms with E-state index in [0.717, 1.165) is 18.4 Å². The Hall–Kier alpha value is 0.350. The highest BCUT2D eigenvalue weighted by Gasteiger charge is 2.38. The fourth-order valence-electron chi connectivity index (χ4n) is 1.64. The molecule has 3 unspecified atom stereocenters. The molecule has 1 rings (SSSR count). The Balaban J connectivity index is 2.82. The van der Waals surface area contributed by atoms with Crippen LogP contribution in [0.5, 0.6) is 0 Å². The maximum atomic E-state index is 6.23. The van der Waals surface area contributed by atoms with E-state index in [9.17, 15) is 0 Å². The minimum Gasteiger partial charge on any atom is -0.122 e. The van der Waals surface area contributed by atoms with Crippen LogP contribution in [0.25, 0.3) is 0 Å². The van der Waals surface area contributed by atoms with Crippen LogP contribution in [-0.2, 0) is 0 Å². The maximum absolute atomic E-state index is 6.23. The van der Waals surface area contributed by atoms with Gasteiger partial charge >= 0.3 is 0 Å². The number of allylic oxidation sites excluding steroid dienone is 2. The van der Waals surface area contributed by atoms with E-state index in [2.05, 4.69) is 13.5 Å². The molecular weight excluding hydrogens is 226 g/mol. The summed E-state index contributed by atoms with van der Waals surface area (Å²) in [5.74, 6) is 0. The van der Waals surface area contributed by atoms with Crippen LogP contribution < -0.4 is 0 Å². The summed E-state index contributed by atoms with van der Waals surface area (Å²) in [4.78, 5) is 0. The predicted octanol–water partition coefficient (Wildman–Crippen LogP) is 4.31. The van der Waals surface area contributed by atoms with Gasteiger partial charge in [-0.2, -0.15) is 0 Å². The van der Waals surface area contributed by atoms with Crippen LogP contribution in [0.2, 0.25) is 0 Å². The third kappa shape index (κ3) is 2.43. The molecule has 0 N–H and O–H groups in total. The zero-order valence-electron chi connectivity index (χ0n) is 7.56. The highest BCUT2D eigenvalue weighted by molar-refractivity contribution is 6.26. The lowest BCUT2D eigenvalue weighted by Gasteiger charge is -2.38. The first-order chi connectivity index (χ1) is 5.99. The monoisotopic (exact) mass is 238 g/mol. The van der Waals surface area contributed by atoms with Gasteiger partial charge in [-0.3, -0.25) is 0 Å². The van der Waals surface area contributed by atoms with Crippen LogP contribution in [0.4, 0.5) is 0 Å². The number of hydrogen-bond donors (Lipinski definition) is 0. The molecule has 0 amide bonds. The first-order valence-electron chi connectivity index (χ1n) is 4.23. The fourth-order valence-corrected chi connectivity index (χ4v) is 2.60. The lowest BCUT2D eigenvalue weighted by atomic mass is 9.73. The van der Waals surface area contributed by atoms with Gasteiger partial charge in [0.15, 0.2) is 0 Å². The Morgan fingerprint density at radius 2 is 2.15 bits per heavy atom. The normalized spacial score (nSPS) is 41.4. The number of alkyl halides is 2. The van der Waals surface area contributed by atoms with Crippen molar-refractivity contribution in [2.45, 2.75) is 30.5 Å². The molecule has 0 radical (unpaired) electrons. The van der Waals surface area contributed by atoms with Gasteiger partial charge in [0.2, 0.25) is 0 Å². The maximum Gasteiger partial charge on any atom is 0.0557 e. The Kier molecular flexibility index (Phi) is 3.73. The second-order valence-corrected chi connectivity index (χ2v) is 5.11. The summed E-state index contributed by atoms with van der Waals surface area (Å²) >= 11 is 17.8. The molecule has 0 aromatic heterocycles. The molecule has 1 fully saturated rings. The summed E-state index contributed by atoms with van der Waals surface area (Å²) < 4.78 is 0. The lowest BCUT2D eigenvalue weighted by molar-refractivity contribution is 0.348. The van der Waals surface area contributed by atoms with Gasteiger partial charge in [0, 0.05) is 16.3 Å². The van der Waals surface area contributed by atoms with Crippen LogP contribution in [0, 0.1) is 5.41 Å². The van der Waals surface area contributed by atoms with Crippen molar-refractivity contribution in [3.63, 3.8) is 0 Å². The summed E-state index contributed by atoms with van der Waals surface area (Å²) in [5.41, 5.74) is 2.49. The third-order valence-electron chi connectivity index (χ3n) is 2.62. The molecule has 0 bridgehead atoms. The van der Waals surface area contributed by atoms with E-state index in [-0.39, 0.29) is 16.2 Å². The van der Waals surface area contributed by atoms with E-state index < -0.39 is 0 Å². The molecule has 0 heterocycles. The Morgan fingerprint density at radius 3 is 2.69 bits per heavy atom. The van der Waals surface area contributed by atoms with Crippen LogP contribution in [0.1, 0.15) is 19.8 Å². The minimum atomic E-state index is -0.0915. The minimum absolute atomic E-state index is 0.0132. The highest BCUT2D eigenvalue weighted by atomic mass is 35.5. The van der Waals surface area contributed by atoms with Gasteiger partial charge in [-0.25, -0.2) is 0 Å². The van der Waals surface area contributed by atoms with Crippen LogP contribution in [0.15, 0.2) is 23.8 Å². The molecule has 1 saturated carbocycles. The molecule has 1 aliphatic carbocycles. The van der Waals surface area contributed by atoms with E-state index >= 15 is 0 Å². The molecule has 0 saturated heterocycles. The zero-order chi connectivity index (χ0) is 10.1. The fraction of sp³-hybridized carbons (Fsp3) is 0.600. The van der Waals surface area contributed by atoms with Crippen molar-refractivity contribution in [2.75, 3.05) is 0 Å². The third-order valence-corrected chi connectivity index (χ3v) is 3.91. The lowest BCUT2D eigenvalue weighted by Crippen LogP contribution is -2.35. The first-order valence-corrected chi connectivity index (χ1v) is 5.54. The van der Waals surface area contributed by atoms with Gasteiger partial charge < -0.3 is 0 Å². The predicted molar refractivity (Wildman–Crippen MR) is 60.8 cm³/mol. The average Bonchev–Trinajstić information content (AvgIpc) is 2.02. The second kappa shape index (κ2) is 4.25. The molecule has 0 aromatic rings. The average molecular weight is 240 g/mol. The molecule has 3 atom stereocenters. The number of hydrogen-bond acceptors (Lipinski definition) is 0. The van der Waals surface area contributed by atoms with Gasteiger partial charge in [-0.1, -0.05) is 36.8 Å². The van der Waals surface area contributed by atoms with E-state index in [1.165, 1.54) is 5.54 Å². The topological polar surface area (TPSA) is 0 Å².